The van der Waals surface area contributed by atoms with Gasteiger partial charge in [-0.1, -0.05) is 29.5 Å². The van der Waals surface area contributed by atoms with E-state index in [1.807, 2.05) is 0 Å². The lowest BCUT2D eigenvalue weighted by Crippen LogP contribution is -2.13. The normalized spacial score (nSPS) is 10.4. The molecule has 0 aliphatic rings. The summed E-state index contributed by atoms with van der Waals surface area (Å²) in [5.41, 5.74) is 1.25. The van der Waals surface area contributed by atoms with Crippen LogP contribution in [-0.4, -0.2) is 21.1 Å². The van der Waals surface area contributed by atoms with E-state index in [-0.39, 0.29) is 11.7 Å². The molecule has 0 aliphatic carbocycles. The highest BCUT2D eigenvalue weighted by molar-refractivity contribution is 7.15. The Bertz CT molecular complexity index is 774. The lowest BCUT2D eigenvalue weighted by Gasteiger charge is -1.99. The van der Waals surface area contributed by atoms with Crippen molar-refractivity contribution >= 4 is 22.4 Å². The molecule has 3 rings (SSSR count). The Hall–Kier alpha value is -2.67. The maximum absolute atomic E-state index is 12.9. The van der Waals surface area contributed by atoms with E-state index in [0.717, 1.165) is 10.6 Å². The number of carbonyl (C=O) groups is 1. The van der Waals surface area contributed by atoms with Crippen molar-refractivity contribution in [1.29, 1.82) is 0 Å². The van der Waals surface area contributed by atoms with Gasteiger partial charge in [-0.15, -0.1) is 10.2 Å². The van der Waals surface area contributed by atoms with Crippen LogP contribution in [0, 0.1) is 5.82 Å². The first kappa shape index (κ1) is 14.3. The minimum absolute atomic E-state index is 0.274. The summed E-state index contributed by atoms with van der Waals surface area (Å²) < 4.78 is 12.9. The molecule has 2 heterocycles. The van der Waals surface area contributed by atoms with Gasteiger partial charge in [0.2, 0.25) is 5.13 Å². The molecule has 110 valence electrons. The van der Waals surface area contributed by atoms with Crippen molar-refractivity contribution in [1.82, 2.24) is 15.2 Å². The van der Waals surface area contributed by atoms with Crippen molar-refractivity contribution in [2.75, 3.05) is 5.32 Å². The summed E-state index contributed by atoms with van der Waals surface area (Å²) >= 11 is 1.28. The number of carbonyl (C=O) groups excluding carboxylic acids is 1. The van der Waals surface area contributed by atoms with Crippen molar-refractivity contribution in [2.45, 2.75) is 6.42 Å². The van der Waals surface area contributed by atoms with Crippen LogP contribution >= 0.6 is 11.3 Å². The third-order valence-corrected chi connectivity index (χ3v) is 3.69. The minimum Gasteiger partial charge on any atom is -0.295 e. The Morgan fingerprint density at radius 2 is 1.95 bits per heavy atom. The first-order valence-electron chi connectivity index (χ1n) is 6.50. The highest BCUT2D eigenvalue weighted by Gasteiger charge is 2.11. The maximum atomic E-state index is 12.9. The van der Waals surface area contributed by atoms with Crippen LogP contribution in [-0.2, 0) is 6.42 Å². The first-order valence-corrected chi connectivity index (χ1v) is 7.31. The van der Waals surface area contributed by atoms with Gasteiger partial charge in [0.05, 0.1) is 0 Å². The van der Waals surface area contributed by atoms with Crippen molar-refractivity contribution in [3.63, 3.8) is 0 Å². The Labute approximate surface area is 129 Å². The summed E-state index contributed by atoms with van der Waals surface area (Å²) in [6.07, 6.45) is 2.09. The smallest absolute Gasteiger partial charge is 0.276 e. The number of hydrogen-bond donors (Lipinski definition) is 1. The van der Waals surface area contributed by atoms with Crippen LogP contribution < -0.4 is 5.32 Å². The number of pyridine rings is 1. The Morgan fingerprint density at radius 3 is 2.68 bits per heavy atom. The molecule has 0 fully saturated rings. The largest absolute Gasteiger partial charge is 0.295 e. The van der Waals surface area contributed by atoms with Gasteiger partial charge in [-0.2, -0.15) is 0 Å². The maximum Gasteiger partial charge on any atom is 0.276 e. The Morgan fingerprint density at radius 1 is 1.14 bits per heavy atom. The van der Waals surface area contributed by atoms with E-state index in [1.54, 1.807) is 36.5 Å². The van der Waals surface area contributed by atoms with Crippen LogP contribution in [0.25, 0.3) is 0 Å². The zero-order chi connectivity index (χ0) is 15.4. The van der Waals surface area contributed by atoms with Gasteiger partial charge in [0.1, 0.15) is 16.5 Å². The Kier molecular flexibility index (Phi) is 4.15. The highest BCUT2D eigenvalue weighted by Crippen LogP contribution is 2.19. The zero-order valence-electron chi connectivity index (χ0n) is 11.4. The average Bonchev–Trinajstić information content (AvgIpc) is 2.97. The molecule has 0 saturated heterocycles. The topological polar surface area (TPSA) is 67.8 Å². The molecule has 7 heteroatoms. The van der Waals surface area contributed by atoms with Gasteiger partial charge in [0.25, 0.3) is 5.91 Å². The molecule has 0 atom stereocenters. The molecule has 0 radical (unpaired) electrons. The standard InChI is InChI=1S/C15H11FN4OS/c16-11-6-4-10(5-7-11)9-13-19-20-15(22-13)18-14(21)12-3-1-2-8-17-12/h1-8H,9H2,(H,18,20,21). The summed E-state index contributed by atoms with van der Waals surface area (Å²) in [7, 11) is 0. The van der Waals surface area contributed by atoms with Crippen LogP contribution in [0.1, 0.15) is 21.1 Å². The molecule has 3 aromatic rings. The predicted molar refractivity (Wildman–Crippen MR) is 81.3 cm³/mol. The molecular formula is C15H11FN4OS. The second kappa shape index (κ2) is 6.40. The van der Waals surface area contributed by atoms with Gasteiger partial charge < -0.3 is 0 Å². The number of halogens is 1. The second-order valence-electron chi connectivity index (χ2n) is 4.47. The number of amides is 1. The lowest BCUT2D eigenvalue weighted by molar-refractivity contribution is 0.102. The summed E-state index contributed by atoms with van der Waals surface area (Å²) in [6.45, 7) is 0. The third kappa shape index (κ3) is 3.50. The van der Waals surface area contributed by atoms with Gasteiger partial charge in [0, 0.05) is 12.6 Å². The summed E-state index contributed by atoms with van der Waals surface area (Å²) in [4.78, 5) is 15.9. The van der Waals surface area contributed by atoms with Gasteiger partial charge in [-0.3, -0.25) is 15.1 Å². The SMILES string of the molecule is O=C(Nc1nnc(Cc2ccc(F)cc2)s1)c1ccccn1. The number of nitrogens with zero attached hydrogens (tertiary/aromatic N) is 3. The Balaban J connectivity index is 1.66. The fraction of sp³-hybridized carbons (Fsp3) is 0.0667. The van der Waals surface area contributed by atoms with Crippen molar-refractivity contribution in [2.24, 2.45) is 0 Å². The minimum atomic E-state index is -0.329. The van der Waals surface area contributed by atoms with E-state index in [9.17, 15) is 9.18 Å². The molecule has 5 nitrogen and oxygen atoms in total. The van der Waals surface area contributed by atoms with E-state index in [4.69, 9.17) is 0 Å². The van der Waals surface area contributed by atoms with Crippen LogP contribution in [0.4, 0.5) is 9.52 Å². The average molecular weight is 314 g/mol. The van der Waals surface area contributed by atoms with Crippen molar-refractivity contribution in [3.8, 4) is 0 Å². The molecule has 1 aromatic carbocycles. The molecule has 0 saturated carbocycles. The van der Waals surface area contributed by atoms with Crippen LogP contribution in [0.15, 0.2) is 48.7 Å². The number of hydrogen-bond acceptors (Lipinski definition) is 5. The summed E-state index contributed by atoms with van der Waals surface area (Å²) in [5.74, 6) is -0.602. The molecule has 1 N–H and O–H groups in total. The third-order valence-electron chi connectivity index (χ3n) is 2.85. The van der Waals surface area contributed by atoms with Crippen molar-refractivity contribution < 1.29 is 9.18 Å². The highest BCUT2D eigenvalue weighted by atomic mass is 32.1. The molecule has 0 bridgehead atoms. The van der Waals surface area contributed by atoms with Gasteiger partial charge >= 0.3 is 0 Å². The van der Waals surface area contributed by atoms with E-state index < -0.39 is 0 Å². The first-order chi connectivity index (χ1) is 10.7. The van der Waals surface area contributed by atoms with Crippen LogP contribution in [0.2, 0.25) is 0 Å². The number of rotatable bonds is 4. The van der Waals surface area contributed by atoms with Gasteiger partial charge in [0.15, 0.2) is 0 Å². The van der Waals surface area contributed by atoms with Gasteiger partial charge in [-0.05, 0) is 29.8 Å². The summed E-state index contributed by atoms with van der Waals surface area (Å²) in [5, 5.41) is 11.8. The van der Waals surface area contributed by atoms with Crippen LogP contribution in [0.3, 0.4) is 0 Å². The van der Waals surface area contributed by atoms with E-state index in [2.05, 4.69) is 20.5 Å². The predicted octanol–water partition coefficient (Wildman–Crippen LogP) is 2.92. The molecule has 0 unspecified atom stereocenters. The molecule has 1 amide bonds. The zero-order valence-corrected chi connectivity index (χ0v) is 12.2. The molecule has 0 aliphatic heterocycles. The number of benzene rings is 1. The number of anilines is 1. The number of aromatic nitrogens is 3. The van der Waals surface area contributed by atoms with Crippen LogP contribution in [0.5, 0.6) is 0 Å². The molecular weight excluding hydrogens is 303 g/mol. The fourth-order valence-corrected chi connectivity index (χ4v) is 2.58. The quantitative estimate of drug-likeness (QED) is 0.804. The number of nitrogens with one attached hydrogen (secondary N) is 1. The van der Waals surface area contributed by atoms with Crippen molar-refractivity contribution in [3.05, 3.63) is 70.7 Å². The monoisotopic (exact) mass is 314 g/mol. The van der Waals surface area contributed by atoms with E-state index in [0.29, 0.717) is 17.2 Å². The summed E-state index contributed by atoms with van der Waals surface area (Å²) in [6, 6.07) is 11.3. The van der Waals surface area contributed by atoms with E-state index >= 15 is 0 Å². The van der Waals surface area contributed by atoms with E-state index in [1.165, 1.54) is 23.5 Å². The second-order valence-corrected chi connectivity index (χ2v) is 5.54. The fourth-order valence-electron chi connectivity index (χ4n) is 1.81. The van der Waals surface area contributed by atoms with Gasteiger partial charge in [-0.25, -0.2) is 4.39 Å². The molecule has 0 spiro atoms. The molecule has 2 aromatic heterocycles. The lowest BCUT2D eigenvalue weighted by atomic mass is 10.2. The molecule has 22 heavy (non-hydrogen) atoms.